The summed E-state index contributed by atoms with van der Waals surface area (Å²) in [5, 5.41) is 5.79. The van der Waals surface area contributed by atoms with Crippen molar-refractivity contribution in [3.63, 3.8) is 0 Å². The molecule has 1 saturated heterocycles. The van der Waals surface area contributed by atoms with Crippen molar-refractivity contribution in [2.45, 2.75) is 49.9 Å². The van der Waals surface area contributed by atoms with E-state index in [1.807, 2.05) is 19.1 Å². The van der Waals surface area contributed by atoms with E-state index in [9.17, 15) is 8.42 Å². The summed E-state index contributed by atoms with van der Waals surface area (Å²) in [6, 6.07) is 9.93. The van der Waals surface area contributed by atoms with Crippen LogP contribution in [0.15, 0.2) is 47.8 Å². The molecule has 4 rings (SSSR count). The zero-order valence-electron chi connectivity index (χ0n) is 23.0. The second-order valence-corrected chi connectivity index (χ2v) is 12.7. The van der Waals surface area contributed by atoms with E-state index in [4.69, 9.17) is 16.3 Å². The van der Waals surface area contributed by atoms with Crippen molar-refractivity contribution >= 4 is 50.3 Å². The van der Waals surface area contributed by atoms with Gasteiger partial charge in [-0.2, -0.15) is 4.98 Å². The molecule has 3 heterocycles. The minimum Gasteiger partial charge on any atom is -0.492 e. The normalized spacial score (nSPS) is 14.6. The molecule has 210 valence electrons. The number of benzene rings is 1. The van der Waals surface area contributed by atoms with Gasteiger partial charge in [0.2, 0.25) is 5.95 Å². The third kappa shape index (κ3) is 6.71. The number of halogens is 1. The minimum atomic E-state index is -3.63. The van der Waals surface area contributed by atoms with Crippen molar-refractivity contribution in [3.8, 4) is 5.75 Å². The quantitative estimate of drug-likeness (QED) is 0.338. The number of ether oxygens (including phenoxy) is 1. The van der Waals surface area contributed by atoms with Gasteiger partial charge in [0.25, 0.3) is 0 Å². The Bertz CT molecular complexity index is 1390. The number of pyridine rings is 1. The molecule has 0 unspecified atom stereocenters. The lowest BCUT2D eigenvalue weighted by atomic mass is 10.0. The Kier molecular flexibility index (Phi) is 9.14. The zero-order valence-corrected chi connectivity index (χ0v) is 24.6. The fourth-order valence-corrected chi connectivity index (χ4v) is 5.64. The van der Waals surface area contributed by atoms with Gasteiger partial charge in [-0.3, -0.25) is 0 Å². The Morgan fingerprint density at radius 3 is 2.54 bits per heavy atom. The second kappa shape index (κ2) is 12.4. The summed E-state index contributed by atoms with van der Waals surface area (Å²) in [6.07, 6.45) is 5.12. The third-order valence-electron chi connectivity index (χ3n) is 6.73. The first-order valence-corrected chi connectivity index (χ1v) is 15.0. The highest BCUT2D eigenvalue weighted by atomic mass is 35.5. The number of hydrogen-bond acceptors (Lipinski definition) is 10. The summed E-state index contributed by atoms with van der Waals surface area (Å²) in [5.74, 6) is 1.22. The number of hydrogen-bond donors (Lipinski definition) is 2. The van der Waals surface area contributed by atoms with Crippen molar-refractivity contribution in [3.05, 3.63) is 47.7 Å². The molecule has 0 spiro atoms. The molecule has 1 aliphatic rings. The number of sulfone groups is 1. The van der Waals surface area contributed by atoms with E-state index in [0.717, 1.165) is 31.6 Å². The fraction of sp³-hybridized carbons (Fsp3) is 0.444. The number of anilines is 5. The van der Waals surface area contributed by atoms with Gasteiger partial charge in [-0.25, -0.2) is 18.4 Å². The highest BCUT2D eigenvalue weighted by Crippen LogP contribution is 2.34. The Morgan fingerprint density at radius 2 is 1.87 bits per heavy atom. The molecule has 0 aliphatic carbocycles. The molecule has 0 radical (unpaired) electrons. The smallest absolute Gasteiger partial charge is 0.229 e. The van der Waals surface area contributed by atoms with Crippen LogP contribution in [0.4, 0.5) is 28.8 Å². The monoisotopic (exact) mass is 573 g/mol. The molecule has 3 aromatic rings. The van der Waals surface area contributed by atoms with Gasteiger partial charge < -0.3 is 25.2 Å². The highest BCUT2D eigenvalue weighted by molar-refractivity contribution is 7.92. The number of piperidine rings is 1. The summed E-state index contributed by atoms with van der Waals surface area (Å²) in [4.78, 5) is 17.6. The van der Waals surface area contributed by atoms with Crippen LogP contribution in [-0.4, -0.2) is 73.4 Å². The molecule has 2 N–H and O–H groups in total. The first-order valence-electron chi connectivity index (χ1n) is 13.0. The second-order valence-electron chi connectivity index (χ2n) is 9.89. The van der Waals surface area contributed by atoms with Crippen molar-refractivity contribution in [2.24, 2.45) is 0 Å². The van der Waals surface area contributed by atoms with E-state index < -0.39 is 15.1 Å². The summed E-state index contributed by atoms with van der Waals surface area (Å²) >= 11 is 6.38. The summed E-state index contributed by atoms with van der Waals surface area (Å²) < 4.78 is 31.6. The van der Waals surface area contributed by atoms with Crippen molar-refractivity contribution in [1.82, 2.24) is 19.9 Å². The Labute approximate surface area is 235 Å². The molecule has 2 aromatic heterocycles. The Hall–Kier alpha value is -3.15. The maximum Gasteiger partial charge on any atom is 0.229 e. The molecule has 1 aromatic carbocycles. The van der Waals surface area contributed by atoms with Gasteiger partial charge in [0.05, 0.1) is 29.4 Å². The number of rotatable bonds is 10. The Balaban J connectivity index is 1.57. The largest absolute Gasteiger partial charge is 0.492 e. The number of nitrogens with one attached hydrogen (secondary N) is 2. The topological polar surface area (TPSA) is 113 Å². The standard InChI is InChI=1S/C27H36ClN7O3S/c1-6-38-24-16-20(35-14-11-19(12-15-35)34(4)5)9-10-22(24)32-27-30-17-21(28)25(33-27)31-23-8-7-13-29-26(23)39(36,37)18(2)3/h7-10,13,16-19H,6,11-12,14-15H2,1-5H3,(H2,30,31,32,33). The molecule has 0 bridgehead atoms. The van der Waals surface area contributed by atoms with Crippen LogP contribution < -0.4 is 20.3 Å². The van der Waals surface area contributed by atoms with E-state index >= 15 is 0 Å². The summed E-state index contributed by atoms with van der Waals surface area (Å²) in [7, 11) is 0.641. The zero-order chi connectivity index (χ0) is 28.2. The SMILES string of the molecule is CCOc1cc(N2CCC(N(C)C)CC2)ccc1Nc1ncc(Cl)c(Nc2cccnc2S(=O)(=O)C(C)C)n1. The molecule has 1 fully saturated rings. The Morgan fingerprint density at radius 1 is 1.13 bits per heavy atom. The summed E-state index contributed by atoms with van der Waals surface area (Å²) in [6.45, 7) is 7.64. The number of aromatic nitrogens is 3. The van der Waals surface area contributed by atoms with Crippen LogP contribution in [0.5, 0.6) is 5.75 Å². The van der Waals surface area contributed by atoms with Crippen LogP contribution in [0.3, 0.4) is 0 Å². The van der Waals surface area contributed by atoms with Gasteiger partial charge in [-0.15, -0.1) is 0 Å². The number of nitrogens with zero attached hydrogens (tertiary/aromatic N) is 5. The molecule has 10 nitrogen and oxygen atoms in total. The van der Waals surface area contributed by atoms with Crippen LogP contribution in [0, 0.1) is 0 Å². The van der Waals surface area contributed by atoms with Gasteiger partial charge in [0, 0.05) is 37.1 Å². The molecule has 39 heavy (non-hydrogen) atoms. The first-order chi connectivity index (χ1) is 18.6. The van der Waals surface area contributed by atoms with Gasteiger partial charge in [0.1, 0.15) is 10.8 Å². The van der Waals surface area contributed by atoms with E-state index in [-0.39, 0.29) is 27.5 Å². The van der Waals surface area contributed by atoms with Crippen molar-refractivity contribution < 1.29 is 13.2 Å². The predicted octanol–water partition coefficient (Wildman–Crippen LogP) is 5.12. The van der Waals surface area contributed by atoms with Gasteiger partial charge >= 0.3 is 0 Å². The maximum atomic E-state index is 12.8. The van der Waals surface area contributed by atoms with E-state index in [0.29, 0.717) is 24.1 Å². The summed E-state index contributed by atoms with van der Waals surface area (Å²) in [5.41, 5.74) is 2.10. The van der Waals surface area contributed by atoms with Gasteiger partial charge in [0.15, 0.2) is 20.7 Å². The molecular weight excluding hydrogens is 538 g/mol. The van der Waals surface area contributed by atoms with Crippen LogP contribution in [0.2, 0.25) is 5.02 Å². The molecular formula is C27H36ClN7O3S. The van der Waals surface area contributed by atoms with Crippen LogP contribution >= 0.6 is 11.6 Å². The van der Waals surface area contributed by atoms with Crippen LogP contribution in [0.1, 0.15) is 33.6 Å². The maximum absolute atomic E-state index is 12.8. The van der Waals surface area contributed by atoms with Gasteiger partial charge in [-0.05, 0) is 72.0 Å². The van der Waals surface area contributed by atoms with E-state index in [2.05, 4.69) is 55.5 Å². The minimum absolute atomic E-state index is 0.0620. The molecule has 12 heteroatoms. The van der Waals surface area contributed by atoms with Crippen LogP contribution in [0.25, 0.3) is 0 Å². The van der Waals surface area contributed by atoms with Gasteiger partial charge in [-0.1, -0.05) is 11.6 Å². The molecule has 0 saturated carbocycles. The molecule has 1 aliphatic heterocycles. The lowest BCUT2D eigenvalue weighted by molar-refractivity contribution is 0.249. The first kappa shape index (κ1) is 28.8. The van der Waals surface area contributed by atoms with Crippen molar-refractivity contribution in [2.75, 3.05) is 49.3 Å². The average molecular weight is 574 g/mol. The molecule has 0 amide bonds. The van der Waals surface area contributed by atoms with E-state index in [1.54, 1.807) is 26.0 Å². The highest BCUT2D eigenvalue weighted by Gasteiger charge is 2.25. The fourth-order valence-electron chi connectivity index (χ4n) is 4.43. The average Bonchev–Trinajstić information content (AvgIpc) is 2.92. The van der Waals surface area contributed by atoms with Crippen LogP contribution in [-0.2, 0) is 9.84 Å². The van der Waals surface area contributed by atoms with Crippen molar-refractivity contribution in [1.29, 1.82) is 0 Å². The third-order valence-corrected chi connectivity index (χ3v) is 9.11. The lowest BCUT2D eigenvalue weighted by Crippen LogP contribution is -2.41. The molecule has 0 atom stereocenters. The lowest BCUT2D eigenvalue weighted by Gasteiger charge is -2.36. The predicted molar refractivity (Wildman–Crippen MR) is 157 cm³/mol. The van der Waals surface area contributed by atoms with E-state index in [1.165, 1.54) is 12.4 Å².